The number of carbonyl (C=O) groups excluding carboxylic acids is 3. The average Bonchev–Trinajstić information content (AvgIpc) is 3.13. The van der Waals surface area contributed by atoms with E-state index in [1.165, 1.54) is 57.4 Å². The molecule has 6 atom stereocenters. The number of hydrogen-bond acceptors (Lipinski definition) is 14. The molecular weight excluding hydrogens is 678 g/mol. The average molecular weight is 730 g/mol. The monoisotopic (exact) mass is 729 g/mol. The largest absolute Gasteiger partial charge is 0.507 e. The molecule has 15 nitrogen and oxygen atoms in total. The van der Waals surface area contributed by atoms with Gasteiger partial charge in [-0.15, -0.1) is 0 Å². The van der Waals surface area contributed by atoms with Crippen molar-refractivity contribution in [1.29, 1.82) is 0 Å². The number of ether oxygens (including phenoxy) is 4. The molecule has 7 rings (SSSR count). The Bertz CT molecular complexity index is 1650. The molecule has 2 saturated heterocycles. The number of fused-ring (bicyclic) bond motifs is 3. The lowest BCUT2D eigenvalue weighted by atomic mass is 9.73. The van der Waals surface area contributed by atoms with Crippen LogP contribution in [0.1, 0.15) is 101 Å². The molecule has 0 bridgehead atoms. The summed E-state index contributed by atoms with van der Waals surface area (Å²) in [6.45, 7) is 4.89. The number of aliphatic hydroxyl groups is 3. The lowest BCUT2D eigenvalue weighted by Gasteiger charge is -2.43. The molecule has 286 valence electrons. The number of carbonyl (C=O) groups is 3. The van der Waals surface area contributed by atoms with E-state index in [1.807, 2.05) is 6.92 Å². The van der Waals surface area contributed by atoms with Crippen LogP contribution in [0.3, 0.4) is 0 Å². The van der Waals surface area contributed by atoms with Crippen LogP contribution in [-0.4, -0.2) is 125 Å². The Hall–Kier alpha value is -3.67. The van der Waals surface area contributed by atoms with Crippen LogP contribution >= 0.6 is 0 Å². The molecule has 5 aliphatic rings. The van der Waals surface area contributed by atoms with Gasteiger partial charge in [-0.05, 0) is 32.3 Å². The van der Waals surface area contributed by atoms with Crippen LogP contribution in [0.4, 0.5) is 0 Å². The summed E-state index contributed by atoms with van der Waals surface area (Å²) in [5.74, 6) is -3.90. The van der Waals surface area contributed by atoms with Crippen molar-refractivity contribution < 1.29 is 58.9 Å². The van der Waals surface area contributed by atoms with E-state index in [2.05, 4.69) is 4.90 Å². The first-order valence-corrected chi connectivity index (χ1v) is 17.7. The van der Waals surface area contributed by atoms with Crippen LogP contribution in [0.15, 0.2) is 18.2 Å². The van der Waals surface area contributed by atoms with Crippen molar-refractivity contribution in [1.82, 2.24) is 4.90 Å². The predicted molar refractivity (Wildman–Crippen MR) is 186 cm³/mol. The molecular formula is C37H51N3O12. The van der Waals surface area contributed by atoms with Crippen molar-refractivity contribution in [2.24, 2.45) is 11.5 Å². The number of benzene rings is 2. The third-order valence-corrected chi connectivity index (χ3v) is 10.7. The quantitative estimate of drug-likeness (QED) is 0.187. The van der Waals surface area contributed by atoms with Crippen molar-refractivity contribution in [3.63, 3.8) is 0 Å². The Morgan fingerprint density at radius 3 is 2.27 bits per heavy atom. The molecule has 3 fully saturated rings. The zero-order valence-corrected chi connectivity index (χ0v) is 29.9. The van der Waals surface area contributed by atoms with E-state index in [0.717, 1.165) is 26.1 Å². The Balaban J connectivity index is 0.000000188. The zero-order valence-electron chi connectivity index (χ0n) is 29.9. The van der Waals surface area contributed by atoms with Crippen LogP contribution in [0, 0.1) is 0 Å². The second-order valence-corrected chi connectivity index (χ2v) is 14.0. The maximum atomic E-state index is 13.1. The number of primary amides is 1. The number of methoxy groups -OCH3 is 2. The molecule has 2 aromatic rings. The van der Waals surface area contributed by atoms with Crippen molar-refractivity contribution in [2.45, 2.75) is 101 Å². The van der Waals surface area contributed by atoms with Gasteiger partial charge in [0.15, 0.2) is 12.1 Å². The molecule has 9 N–H and O–H groups in total. The van der Waals surface area contributed by atoms with Crippen molar-refractivity contribution in [2.75, 3.05) is 40.5 Å². The van der Waals surface area contributed by atoms with Gasteiger partial charge >= 0.3 is 0 Å². The first-order chi connectivity index (χ1) is 24.7. The van der Waals surface area contributed by atoms with Gasteiger partial charge in [-0.25, -0.2) is 0 Å². The number of nitrogens with two attached hydrogens (primary N) is 2. The number of nitrogens with zero attached hydrogens (tertiary/aromatic N) is 1. The van der Waals surface area contributed by atoms with Gasteiger partial charge in [-0.3, -0.25) is 19.3 Å². The molecule has 6 unspecified atom stereocenters. The molecule has 2 heterocycles. The minimum atomic E-state index is -2.19. The maximum Gasteiger partial charge on any atom is 0.249 e. The van der Waals surface area contributed by atoms with Crippen LogP contribution < -0.4 is 16.2 Å². The van der Waals surface area contributed by atoms with Gasteiger partial charge in [-0.1, -0.05) is 31.4 Å². The minimum Gasteiger partial charge on any atom is -0.507 e. The first kappa shape index (κ1) is 39.5. The summed E-state index contributed by atoms with van der Waals surface area (Å²) in [7, 11) is 2.97. The number of aliphatic hydroxyl groups excluding tert-OH is 2. The molecule has 2 aliphatic heterocycles. The molecule has 2 aromatic carbocycles. The number of rotatable bonds is 4. The number of phenolic OH excluding ortho intramolecular Hbond substituents is 2. The van der Waals surface area contributed by atoms with Gasteiger partial charge in [-0.2, -0.15) is 0 Å². The molecule has 0 spiro atoms. The van der Waals surface area contributed by atoms with Crippen molar-refractivity contribution in [3.05, 3.63) is 51.6 Å². The van der Waals surface area contributed by atoms with Gasteiger partial charge in [0.1, 0.15) is 22.8 Å². The Morgan fingerprint density at radius 2 is 1.65 bits per heavy atom. The topological polar surface area (TPSA) is 245 Å². The maximum absolute atomic E-state index is 13.1. The number of aromatic hydroxyl groups is 2. The molecule has 0 radical (unpaired) electrons. The summed E-state index contributed by atoms with van der Waals surface area (Å²) in [6, 6.07) is 5.07. The van der Waals surface area contributed by atoms with E-state index >= 15 is 0 Å². The van der Waals surface area contributed by atoms with E-state index in [-0.39, 0.29) is 46.4 Å². The summed E-state index contributed by atoms with van der Waals surface area (Å²) in [6.07, 6.45) is 4.20. The number of amides is 1. The second-order valence-electron chi connectivity index (χ2n) is 14.0. The van der Waals surface area contributed by atoms with Crippen LogP contribution in [0.2, 0.25) is 0 Å². The molecule has 15 heteroatoms. The Labute approximate surface area is 302 Å². The smallest absolute Gasteiger partial charge is 0.249 e. The van der Waals surface area contributed by atoms with Crippen LogP contribution in [-0.2, 0) is 25.4 Å². The van der Waals surface area contributed by atoms with Gasteiger partial charge in [0.25, 0.3) is 0 Å². The highest BCUT2D eigenvalue weighted by atomic mass is 16.7. The van der Waals surface area contributed by atoms with Crippen molar-refractivity contribution in [3.8, 4) is 17.2 Å². The fourth-order valence-electron chi connectivity index (χ4n) is 7.70. The van der Waals surface area contributed by atoms with E-state index in [9.17, 15) is 39.9 Å². The van der Waals surface area contributed by atoms with E-state index in [4.69, 9.17) is 30.4 Å². The molecule has 52 heavy (non-hydrogen) atoms. The first-order valence-electron chi connectivity index (χ1n) is 17.7. The number of hydrogen-bond donors (Lipinski definition) is 7. The van der Waals surface area contributed by atoms with E-state index in [1.54, 1.807) is 7.11 Å². The Kier molecular flexibility index (Phi) is 12.6. The summed E-state index contributed by atoms with van der Waals surface area (Å²) in [5.41, 5.74) is 7.19. The van der Waals surface area contributed by atoms with Crippen molar-refractivity contribution >= 4 is 17.5 Å². The van der Waals surface area contributed by atoms with Gasteiger partial charge in [0, 0.05) is 68.4 Å². The van der Waals surface area contributed by atoms with E-state index in [0.29, 0.717) is 12.6 Å². The lowest BCUT2D eigenvalue weighted by Crippen LogP contribution is -2.57. The normalized spacial score (nSPS) is 28.9. The molecule has 3 aliphatic carbocycles. The number of morpholine rings is 1. The Morgan fingerprint density at radius 1 is 0.962 bits per heavy atom. The molecule has 1 amide bonds. The summed E-state index contributed by atoms with van der Waals surface area (Å²) < 4.78 is 21.2. The predicted octanol–water partition coefficient (Wildman–Crippen LogP) is 1.19. The standard InChI is InChI=1S/C20H17NO8.C11H21NO4.C6H13N/c1-29-10-4-2-3-7-12(10)18(26)14-13(15(7)23)16(24)8-5-20(28,19(21)27)6-9(22)11(8)17(14)25;1-8-11(13)9(3-5-15-8)12-4-6-16-10(7-12)14-2;7-6-4-2-1-3-5-6/h2-4,9,22,24-25,28H,5-6H2,1H3,(H2,21,27);8-11,13H,3-7H2,1-2H3;6H,1-5,7H2. The summed E-state index contributed by atoms with van der Waals surface area (Å²) in [4.78, 5) is 40.1. The van der Waals surface area contributed by atoms with Crippen LogP contribution in [0.5, 0.6) is 17.2 Å². The highest BCUT2D eigenvalue weighted by Gasteiger charge is 2.48. The van der Waals surface area contributed by atoms with Gasteiger partial charge < -0.3 is 55.9 Å². The third-order valence-electron chi connectivity index (χ3n) is 10.7. The fraction of sp³-hybridized carbons (Fsp3) is 0.595. The third kappa shape index (κ3) is 7.82. The molecule has 1 saturated carbocycles. The van der Waals surface area contributed by atoms with Gasteiger partial charge in [0.2, 0.25) is 11.7 Å². The fourth-order valence-corrected chi connectivity index (χ4v) is 7.70. The van der Waals surface area contributed by atoms with E-state index < -0.39 is 70.8 Å². The summed E-state index contributed by atoms with van der Waals surface area (Å²) >= 11 is 0. The second kappa shape index (κ2) is 16.6. The number of ketones is 2. The molecule has 0 aromatic heterocycles. The SMILES string of the molecule is COC1CN(C2CCOC(C)C2O)CCO1.COc1cccc2c1C(=O)c1c(O)c3c(c(O)c1C2=O)CC(O)(C(N)=O)CC3O.NC1CCCCC1. The zero-order chi connectivity index (χ0) is 37.9. The highest BCUT2D eigenvalue weighted by Crippen LogP contribution is 2.50. The number of phenols is 2. The highest BCUT2D eigenvalue weighted by molar-refractivity contribution is 6.31. The summed E-state index contributed by atoms with van der Waals surface area (Å²) in [5, 5.41) is 52.5. The minimum absolute atomic E-state index is 0.0296. The van der Waals surface area contributed by atoms with Crippen LogP contribution in [0.25, 0.3) is 0 Å². The van der Waals surface area contributed by atoms with Gasteiger partial charge in [0.05, 0.1) is 48.7 Å². The lowest BCUT2D eigenvalue weighted by molar-refractivity contribution is -0.190.